The highest BCUT2D eigenvalue weighted by Crippen LogP contribution is 2.33. The van der Waals surface area contributed by atoms with Crippen molar-refractivity contribution in [2.75, 3.05) is 31.9 Å². The highest BCUT2D eigenvalue weighted by Gasteiger charge is 2.43. The maximum absolute atomic E-state index is 11.1. The molecule has 2 aliphatic rings. The minimum atomic E-state index is -0.526. The van der Waals surface area contributed by atoms with Gasteiger partial charge in [-0.1, -0.05) is 29.5 Å². The van der Waals surface area contributed by atoms with Crippen molar-refractivity contribution in [1.82, 2.24) is 20.4 Å². The van der Waals surface area contributed by atoms with E-state index in [1.807, 2.05) is 6.92 Å². The maximum Gasteiger partial charge on any atom is 0.174 e. The van der Waals surface area contributed by atoms with E-state index in [0.717, 1.165) is 53.9 Å². The van der Waals surface area contributed by atoms with Gasteiger partial charge in [0.05, 0.1) is 5.60 Å². The summed E-state index contributed by atoms with van der Waals surface area (Å²) in [6, 6.07) is 0.372. The van der Waals surface area contributed by atoms with Crippen molar-refractivity contribution in [3.63, 3.8) is 0 Å². The van der Waals surface area contributed by atoms with Crippen LogP contribution in [0.1, 0.15) is 43.5 Å². The molecule has 5 nitrogen and oxygen atoms in total. The molecule has 2 N–H and O–H groups in total. The Morgan fingerprint density at radius 3 is 3.04 bits per heavy atom. The van der Waals surface area contributed by atoms with Crippen LogP contribution < -0.4 is 5.32 Å². The highest BCUT2D eigenvalue weighted by molar-refractivity contribution is 8.01. The van der Waals surface area contributed by atoms with Crippen molar-refractivity contribution in [3.05, 3.63) is 5.01 Å². The van der Waals surface area contributed by atoms with Gasteiger partial charge < -0.3 is 10.4 Å². The monoisotopic (exact) mass is 356 g/mol. The first-order chi connectivity index (χ1) is 11.2. The lowest BCUT2D eigenvalue weighted by molar-refractivity contribution is -0.0916. The number of hydrogen-bond donors (Lipinski definition) is 2. The van der Waals surface area contributed by atoms with Crippen LogP contribution in [0.15, 0.2) is 4.34 Å². The Kier molecular flexibility index (Phi) is 6.31. The van der Waals surface area contributed by atoms with Gasteiger partial charge in [-0.2, -0.15) is 0 Å². The molecular formula is C16H28N4OS2. The smallest absolute Gasteiger partial charge is 0.174 e. The minimum absolute atomic E-state index is 0.372. The van der Waals surface area contributed by atoms with Gasteiger partial charge in [0.1, 0.15) is 5.01 Å². The topological polar surface area (TPSA) is 61.3 Å². The lowest BCUT2D eigenvalue weighted by atomic mass is 9.79. The summed E-state index contributed by atoms with van der Waals surface area (Å²) < 4.78 is 1.06. The molecule has 2 fully saturated rings. The van der Waals surface area contributed by atoms with E-state index in [1.54, 1.807) is 23.1 Å². The third kappa shape index (κ3) is 4.66. The molecule has 1 aromatic rings. The maximum atomic E-state index is 11.1. The molecule has 0 aromatic carbocycles. The van der Waals surface area contributed by atoms with Gasteiger partial charge in [-0.3, -0.25) is 4.90 Å². The molecule has 130 valence electrons. The summed E-state index contributed by atoms with van der Waals surface area (Å²) in [6.07, 6.45) is 6.88. The average molecular weight is 357 g/mol. The molecule has 23 heavy (non-hydrogen) atoms. The number of aliphatic hydroxyl groups is 1. The molecule has 0 bridgehead atoms. The number of aryl methyl sites for hydroxylation is 1. The molecule has 0 aliphatic carbocycles. The minimum Gasteiger partial charge on any atom is -0.387 e. The van der Waals surface area contributed by atoms with Gasteiger partial charge in [0.2, 0.25) is 0 Å². The van der Waals surface area contributed by atoms with Crippen LogP contribution >= 0.6 is 23.1 Å². The van der Waals surface area contributed by atoms with Crippen LogP contribution in [0, 0.1) is 6.92 Å². The fourth-order valence-electron chi connectivity index (χ4n) is 3.83. The van der Waals surface area contributed by atoms with Crippen molar-refractivity contribution in [1.29, 1.82) is 0 Å². The standard InChI is InChI=1S/C16H28N4OS2/c1-13-18-19-15(23-13)22-11-5-8-17-12-16(21)7-4-10-20-9-3-2-6-14(16)20/h14,17,21H,2-12H2,1H3/t14-,16-/m1/s1. The third-order valence-electron chi connectivity index (χ3n) is 4.95. The second-order valence-corrected chi connectivity index (χ2v) is 9.24. The average Bonchev–Trinajstić information content (AvgIpc) is 2.97. The Morgan fingerprint density at radius 1 is 1.35 bits per heavy atom. The van der Waals surface area contributed by atoms with Gasteiger partial charge in [0.25, 0.3) is 0 Å². The van der Waals surface area contributed by atoms with E-state index in [9.17, 15) is 5.11 Å². The summed E-state index contributed by atoms with van der Waals surface area (Å²) in [5, 5.41) is 23.8. The summed E-state index contributed by atoms with van der Waals surface area (Å²) in [5.74, 6) is 1.05. The normalized spacial score (nSPS) is 28.7. The second-order valence-electron chi connectivity index (χ2n) is 6.72. The number of piperidine rings is 2. The molecule has 0 saturated carbocycles. The molecular weight excluding hydrogens is 328 g/mol. The number of nitrogens with zero attached hydrogens (tertiary/aromatic N) is 3. The van der Waals surface area contributed by atoms with E-state index < -0.39 is 5.60 Å². The van der Waals surface area contributed by atoms with Gasteiger partial charge in [0, 0.05) is 18.3 Å². The predicted molar refractivity (Wildman–Crippen MR) is 96.3 cm³/mol. The van der Waals surface area contributed by atoms with Crippen molar-refractivity contribution >= 4 is 23.1 Å². The number of rotatable bonds is 7. The molecule has 0 unspecified atom stereocenters. The van der Waals surface area contributed by atoms with E-state index >= 15 is 0 Å². The van der Waals surface area contributed by atoms with Crippen LogP contribution in [0.5, 0.6) is 0 Å². The second kappa shape index (κ2) is 8.25. The van der Waals surface area contributed by atoms with Crippen LogP contribution in [0.25, 0.3) is 0 Å². The Balaban J connectivity index is 1.36. The fraction of sp³-hybridized carbons (Fsp3) is 0.875. The SMILES string of the molecule is Cc1nnc(SCCCNC[C@]2(O)CCCN3CCCC[C@@H]32)s1. The van der Waals surface area contributed by atoms with Crippen LogP contribution in [-0.2, 0) is 0 Å². The lowest BCUT2D eigenvalue weighted by Gasteiger charge is -2.49. The fourth-order valence-corrected chi connectivity index (χ4v) is 5.65. The van der Waals surface area contributed by atoms with Gasteiger partial charge in [-0.25, -0.2) is 0 Å². The zero-order chi connectivity index (χ0) is 16.1. The van der Waals surface area contributed by atoms with Crippen LogP contribution in [0.2, 0.25) is 0 Å². The summed E-state index contributed by atoms with van der Waals surface area (Å²) in [5.41, 5.74) is -0.526. The largest absolute Gasteiger partial charge is 0.387 e. The van der Waals surface area contributed by atoms with Crippen LogP contribution in [0.4, 0.5) is 0 Å². The van der Waals surface area contributed by atoms with E-state index in [4.69, 9.17) is 0 Å². The first-order valence-electron chi connectivity index (χ1n) is 8.77. The molecule has 0 spiro atoms. The van der Waals surface area contributed by atoms with Crippen molar-refractivity contribution in [2.24, 2.45) is 0 Å². The van der Waals surface area contributed by atoms with Crippen molar-refractivity contribution < 1.29 is 5.11 Å². The molecule has 0 amide bonds. The molecule has 0 radical (unpaired) electrons. The van der Waals surface area contributed by atoms with E-state index in [0.29, 0.717) is 6.04 Å². The third-order valence-corrected chi connectivity index (χ3v) is 7.01. The Morgan fingerprint density at radius 2 is 2.22 bits per heavy atom. The number of aromatic nitrogens is 2. The number of nitrogens with one attached hydrogen (secondary N) is 1. The summed E-state index contributed by atoms with van der Waals surface area (Å²) >= 11 is 3.44. The highest BCUT2D eigenvalue weighted by atomic mass is 32.2. The van der Waals surface area contributed by atoms with Gasteiger partial charge in [-0.05, 0) is 58.7 Å². The van der Waals surface area contributed by atoms with E-state index in [1.165, 1.54) is 25.9 Å². The van der Waals surface area contributed by atoms with Crippen LogP contribution in [-0.4, -0.2) is 63.8 Å². The van der Waals surface area contributed by atoms with Gasteiger partial charge >= 0.3 is 0 Å². The molecule has 3 rings (SSSR count). The number of thioether (sulfide) groups is 1. The quantitative estimate of drug-likeness (QED) is 0.577. The first-order valence-corrected chi connectivity index (χ1v) is 10.6. The van der Waals surface area contributed by atoms with Crippen molar-refractivity contribution in [3.8, 4) is 0 Å². The number of hydrogen-bond acceptors (Lipinski definition) is 7. The molecule has 2 saturated heterocycles. The summed E-state index contributed by atoms with van der Waals surface area (Å²) in [6.45, 7) is 6.02. The molecule has 1 aromatic heterocycles. The Labute approximate surface area is 147 Å². The predicted octanol–water partition coefficient (Wildman–Crippen LogP) is 2.30. The summed E-state index contributed by atoms with van der Waals surface area (Å²) in [7, 11) is 0. The van der Waals surface area contributed by atoms with Gasteiger partial charge in [0.15, 0.2) is 4.34 Å². The lowest BCUT2D eigenvalue weighted by Crippen LogP contribution is -2.62. The zero-order valence-corrected chi connectivity index (χ0v) is 15.6. The zero-order valence-electron chi connectivity index (χ0n) is 14.0. The molecule has 7 heteroatoms. The molecule has 2 aliphatic heterocycles. The van der Waals surface area contributed by atoms with Gasteiger partial charge in [-0.15, -0.1) is 10.2 Å². The Hall–Kier alpha value is -0.210. The van der Waals surface area contributed by atoms with Crippen LogP contribution in [0.3, 0.4) is 0 Å². The van der Waals surface area contributed by atoms with E-state index in [-0.39, 0.29) is 0 Å². The first kappa shape index (κ1) is 17.6. The van der Waals surface area contributed by atoms with E-state index in [2.05, 4.69) is 20.4 Å². The number of fused-ring (bicyclic) bond motifs is 1. The Bertz CT molecular complexity index is 496. The van der Waals surface area contributed by atoms with Crippen molar-refractivity contribution in [2.45, 2.75) is 61.4 Å². The molecule has 2 atom stereocenters. The molecule has 3 heterocycles. The summed E-state index contributed by atoms with van der Waals surface area (Å²) in [4.78, 5) is 2.52.